The molecule has 0 N–H and O–H groups in total. The minimum absolute atomic E-state index is 0. The van der Waals surface area contributed by atoms with Crippen molar-refractivity contribution in [2.75, 3.05) is 47.0 Å². The summed E-state index contributed by atoms with van der Waals surface area (Å²) >= 11 is 0. The number of piperidine rings is 1. The number of methoxy groups -OCH3 is 2. The van der Waals surface area contributed by atoms with E-state index in [9.17, 15) is 4.79 Å². The van der Waals surface area contributed by atoms with Gasteiger partial charge in [0.05, 0.1) is 20.8 Å². The molecule has 8 heteroatoms. The molecule has 0 radical (unpaired) electrons. The Morgan fingerprint density at radius 3 is 2.30 bits per heavy atom. The van der Waals surface area contributed by atoms with Crippen LogP contribution in [-0.2, 0) is 13.0 Å². The van der Waals surface area contributed by atoms with Crippen LogP contribution < -0.4 is 18.9 Å². The number of carbonyl (C=O) groups excluding carboxylic acids is 1. The molecule has 2 aliphatic heterocycles. The largest absolute Gasteiger partial charge is 0.494 e. The van der Waals surface area contributed by atoms with Crippen LogP contribution in [0.2, 0.25) is 0 Å². The Morgan fingerprint density at radius 2 is 1.57 bits per heavy atom. The van der Waals surface area contributed by atoms with E-state index in [0.717, 1.165) is 80.1 Å². The second-order valence-corrected chi connectivity index (χ2v) is 10.2. The van der Waals surface area contributed by atoms with Crippen LogP contribution in [-0.4, -0.2) is 68.8 Å². The molecule has 1 saturated heterocycles. The van der Waals surface area contributed by atoms with Crippen LogP contribution in [0.25, 0.3) is 0 Å². The monoisotopic (exact) mass is 566 g/mol. The van der Waals surface area contributed by atoms with E-state index >= 15 is 0 Å². The highest BCUT2D eigenvalue weighted by Crippen LogP contribution is 2.34. The fourth-order valence-corrected chi connectivity index (χ4v) is 5.51. The van der Waals surface area contributed by atoms with E-state index in [1.54, 1.807) is 14.2 Å². The summed E-state index contributed by atoms with van der Waals surface area (Å²) in [5.74, 6) is 3.06. The average Bonchev–Trinajstić information content (AvgIpc) is 2.99. The van der Waals surface area contributed by atoms with Gasteiger partial charge in [-0.1, -0.05) is 30.3 Å². The van der Waals surface area contributed by atoms with Crippen molar-refractivity contribution in [1.82, 2.24) is 9.80 Å². The summed E-state index contributed by atoms with van der Waals surface area (Å²) in [6.07, 6.45) is 3.91. The first-order valence-corrected chi connectivity index (χ1v) is 13.8. The van der Waals surface area contributed by atoms with Crippen LogP contribution >= 0.6 is 12.4 Å². The van der Waals surface area contributed by atoms with Gasteiger partial charge in [0.1, 0.15) is 18.1 Å². The summed E-state index contributed by atoms with van der Waals surface area (Å²) in [6.45, 7) is 4.88. The van der Waals surface area contributed by atoms with E-state index in [-0.39, 0.29) is 24.4 Å². The molecule has 0 aliphatic carbocycles. The van der Waals surface area contributed by atoms with Crippen LogP contribution in [0.1, 0.15) is 40.7 Å². The lowest BCUT2D eigenvalue weighted by molar-refractivity contribution is 0.0517. The van der Waals surface area contributed by atoms with Crippen molar-refractivity contribution >= 4 is 18.3 Å². The van der Waals surface area contributed by atoms with Gasteiger partial charge in [-0.05, 0) is 79.8 Å². The fraction of sp³-hybridized carbons (Fsp3) is 0.406. The number of rotatable bonds is 11. The second-order valence-electron chi connectivity index (χ2n) is 10.2. The van der Waals surface area contributed by atoms with E-state index in [1.807, 2.05) is 54.6 Å². The predicted molar refractivity (Wildman–Crippen MR) is 158 cm³/mol. The molecule has 1 amide bonds. The third kappa shape index (κ3) is 7.20. The van der Waals surface area contributed by atoms with Crippen molar-refractivity contribution in [2.24, 2.45) is 0 Å². The molecule has 2 heterocycles. The van der Waals surface area contributed by atoms with Gasteiger partial charge in [-0.25, -0.2) is 0 Å². The number of hydrogen-bond donors (Lipinski definition) is 0. The third-order valence-electron chi connectivity index (χ3n) is 7.60. The van der Waals surface area contributed by atoms with Gasteiger partial charge in [0.25, 0.3) is 5.91 Å². The molecule has 0 bridgehead atoms. The number of nitrogens with zero attached hydrogens (tertiary/aromatic N) is 2. The molecular formula is C32H39ClN2O5. The molecule has 0 spiro atoms. The topological polar surface area (TPSA) is 60.5 Å². The molecule has 3 aromatic rings. The van der Waals surface area contributed by atoms with Gasteiger partial charge < -0.3 is 28.7 Å². The van der Waals surface area contributed by atoms with Gasteiger partial charge in [-0.2, -0.15) is 0 Å². The summed E-state index contributed by atoms with van der Waals surface area (Å²) in [5, 5.41) is 0. The Hall–Kier alpha value is -3.42. The van der Waals surface area contributed by atoms with Crippen molar-refractivity contribution in [3.63, 3.8) is 0 Å². The Balaban J connectivity index is 0.00000370. The van der Waals surface area contributed by atoms with E-state index in [4.69, 9.17) is 18.9 Å². The second kappa shape index (κ2) is 14.3. The van der Waals surface area contributed by atoms with Gasteiger partial charge in [0, 0.05) is 31.2 Å². The first-order valence-electron chi connectivity index (χ1n) is 13.8. The van der Waals surface area contributed by atoms with Crippen molar-refractivity contribution in [3.05, 3.63) is 83.4 Å². The Bertz CT molecular complexity index is 1240. The lowest BCUT2D eigenvalue weighted by atomic mass is 9.94. The lowest BCUT2D eigenvalue weighted by Crippen LogP contribution is -2.52. The number of amides is 1. The van der Waals surface area contributed by atoms with Crippen molar-refractivity contribution in [2.45, 2.75) is 38.3 Å². The van der Waals surface area contributed by atoms with Crippen LogP contribution in [0.15, 0.2) is 66.7 Å². The minimum Gasteiger partial charge on any atom is -0.494 e. The maximum Gasteiger partial charge on any atom is 0.254 e. The van der Waals surface area contributed by atoms with E-state index in [1.165, 1.54) is 0 Å². The fourth-order valence-electron chi connectivity index (χ4n) is 5.51. The molecule has 1 fully saturated rings. The maximum atomic E-state index is 13.4. The maximum absolute atomic E-state index is 13.4. The zero-order valence-corrected chi connectivity index (χ0v) is 24.2. The first-order chi connectivity index (χ1) is 19.1. The highest BCUT2D eigenvalue weighted by atomic mass is 35.5. The SMILES string of the molecule is COc1cc2c(cc1OC)C(=O)N(C1CCCN(CCCOc3ccc(OCc4ccccc4)cc3)C1)CC2.Cl. The predicted octanol–water partition coefficient (Wildman–Crippen LogP) is 5.64. The lowest BCUT2D eigenvalue weighted by Gasteiger charge is -2.41. The molecule has 1 unspecified atom stereocenters. The Kier molecular flexibility index (Phi) is 10.6. The highest BCUT2D eigenvalue weighted by molar-refractivity contribution is 5.97. The van der Waals surface area contributed by atoms with Crippen LogP contribution in [0, 0.1) is 0 Å². The van der Waals surface area contributed by atoms with Gasteiger partial charge in [0.15, 0.2) is 11.5 Å². The van der Waals surface area contributed by atoms with E-state index in [0.29, 0.717) is 24.7 Å². The molecule has 5 rings (SSSR count). The number of fused-ring (bicyclic) bond motifs is 1. The summed E-state index contributed by atoms with van der Waals surface area (Å²) < 4.78 is 22.7. The summed E-state index contributed by atoms with van der Waals surface area (Å²) in [7, 11) is 3.23. The molecular weight excluding hydrogens is 528 g/mol. The molecule has 40 heavy (non-hydrogen) atoms. The number of likely N-dealkylation sites (tertiary alicyclic amines) is 1. The molecule has 0 saturated carbocycles. The number of halogens is 1. The minimum atomic E-state index is 0. The number of carbonyl (C=O) groups is 1. The van der Waals surface area contributed by atoms with E-state index in [2.05, 4.69) is 21.9 Å². The molecule has 214 valence electrons. The summed E-state index contributed by atoms with van der Waals surface area (Å²) in [4.78, 5) is 18.0. The quantitative estimate of drug-likeness (QED) is 0.280. The Morgan fingerprint density at radius 1 is 0.875 bits per heavy atom. The smallest absolute Gasteiger partial charge is 0.254 e. The van der Waals surface area contributed by atoms with Gasteiger partial charge in [-0.3, -0.25) is 4.79 Å². The average molecular weight is 567 g/mol. The van der Waals surface area contributed by atoms with Crippen LogP contribution in [0.5, 0.6) is 23.0 Å². The number of ether oxygens (including phenoxy) is 4. The number of benzene rings is 3. The zero-order valence-electron chi connectivity index (χ0n) is 23.3. The molecule has 0 aromatic heterocycles. The summed E-state index contributed by atoms with van der Waals surface area (Å²) in [6, 6.07) is 22.0. The summed E-state index contributed by atoms with van der Waals surface area (Å²) in [5.41, 5.74) is 2.92. The van der Waals surface area contributed by atoms with Crippen molar-refractivity contribution in [1.29, 1.82) is 0 Å². The van der Waals surface area contributed by atoms with Crippen molar-refractivity contribution in [3.8, 4) is 23.0 Å². The molecule has 1 atom stereocenters. The normalized spacial score (nSPS) is 17.0. The van der Waals surface area contributed by atoms with Gasteiger partial charge in [-0.15, -0.1) is 12.4 Å². The highest BCUT2D eigenvalue weighted by Gasteiger charge is 2.33. The third-order valence-corrected chi connectivity index (χ3v) is 7.60. The van der Waals surface area contributed by atoms with Gasteiger partial charge >= 0.3 is 0 Å². The standard InChI is InChI=1S/C32H38N2O5.ClH/c1-36-30-20-25-15-18-34(32(35)29(25)21-31(30)37-2)26-10-6-16-33(22-26)17-7-19-38-27-11-13-28(14-12-27)39-23-24-8-4-3-5-9-24;/h3-5,8-9,11-14,20-21,26H,6-7,10,15-19,22-23H2,1-2H3;1H. The zero-order chi connectivity index (χ0) is 27.0. The molecule has 3 aromatic carbocycles. The van der Waals surface area contributed by atoms with Crippen LogP contribution in [0.4, 0.5) is 0 Å². The van der Waals surface area contributed by atoms with Crippen LogP contribution in [0.3, 0.4) is 0 Å². The van der Waals surface area contributed by atoms with Gasteiger partial charge in [0.2, 0.25) is 0 Å². The molecule has 7 nitrogen and oxygen atoms in total. The molecule has 2 aliphatic rings. The van der Waals surface area contributed by atoms with Crippen molar-refractivity contribution < 1.29 is 23.7 Å². The number of hydrogen-bond acceptors (Lipinski definition) is 6. The Labute approximate surface area is 243 Å². The van der Waals surface area contributed by atoms with E-state index < -0.39 is 0 Å². The first kappa shape index (κ1) is 29.6.